The van der Waals surface area contributed by atoms with Crippen LogP contribution in [0.3, 0.4) is 0 Å². The van der Waals surface area contributed by atoms with Gasteiger partial charge in [-0.05, 0) is 0 Å². The van der Waals surface area contributed by atoms with E-state index < -0.39 is 17.9 Å². The average molecular weight is 837 g/mol. The third-order valence-corrected chi connectivity index (χ3v) is 60.1. The SMILES string of the molecule is CP(c1ccccc1)(c1ccccc1)(c1ccccc1)P(c1ccccc1)(c1ccccc1)(c1ccccc1)P(Cl)(c1ccccc1)(c1ccccc1)c1ccccc1. The predicted octanol–water partition coefficient (Wildman–Crippen LogP) is 11.2. The summed E-state index contributed by atoms with van der Waals surface area (Å²) in [7, 11) is 0. The van der Waals surface area contributed by atoms with Crippen molar-refractivity contribution in [2.45, 2.75) is 0 Å². The molecule has 0 nitrogen and oxygen atoms in total. The number of hydrogen-bond acceptors (Lipinski definition) is 0. The van der Waals surface area contributed by atoms with Crippen molar-refractivity contribution in [3.63, 3.8) is 0 Å². The molecule has 9 aromatic carbocycles. The van der Waals surface area contributed by atoms with Gasteiger partial charge in [-0.15, -0.1) is 0 Å². The first kappa shape index (κ1) is 39.0. The molecule has 0 saturated carbocycles. The summed E-state index contributed by atoms with van der Waals surface area (Å²) in [6, 6.07) is 103. The Balaban J connectivity index is 1.88. The van der Waals surface area contributed by atoms with Crippen LogP contribution in [0.15, 0.2) is 273 Å². The predicted molar refractivity (Wildman–Crippen MR) is 267 cm³/mol. The van der Waals surface area contributed by atoms with Crippen molar-refractivity contribution < 1.29 is 0 Å². The molecule has 0 atom stereocenters. The zero-order valence-corrected chi connectivity index (χ0v) is 36.6. The van der Waals surface area contributed by atoms with Crippen molar-refractivity contribution in [1.82, 2.24) is 0 Å². The van der Waals surface area contributed by atoms with E-state index in [0.29, 0.717) is 0 Å². The summed E-state index contributed by atoms with van der Waals surface area (Å²) in [5, 5.41) is 11.0. The van der Waals surface area contributed by atoms with Gasteiger partial charge in [0.25, 0.3) is 0 Å². The Hall–Kier alpha value is -5.44. The molecule has 0 bridgehead atoms. The molecule has 0 saturated heterocycles. The fraction of sp³-hybridized carbons (Fsp3) is 0.0182. The van der Waals surface area contributed by atoms with Gasteiger partial charge in [0.05, 0.1) is 0 Å². The summed E-state index contributed by atoms with van der Waals surface area (Å²) >= 11 is 10.4. The van der Waals surface area contributed by atoms with Crippen molar-refractivity contribution in [3.05, 3.63) is 273 Å². The Morgan fingerprint density at radius 1 is 0.220 bits per heavy atom. The molecule has 0 aromatic heterocycles. The van der Waals surface area contributed by atoms with E-state index >= 15 is 0 Å². The number of rotatable bonds is 11. The van der Waals surface area contributed by atoms with Gasteiger partial charge in [-0.3, -0.25) is 0 Å². The van der Waals surface area contributed by atoms with Crippen molar-refractivity contribution >= 4 is 76.9 Å². The van der Waals surface area contributed by atoms with Crippen molar-refractivity contribution in [2.75, 3.05) is 6.66 Å². The standard InChI is InChI=1S/C55H48ClP3/c1-57(47-29-11-2-12-30-47,48-31-13-3-14-32-48,49-33-15-4-16-34-49)59(53-41-23-8-24-42-53,54-43-25-9-26-44-54,55-45-27-10-28-46-55)58(56,50-35-17-5-18-36-50,51-37-19-6-20-38-51)52-39-21-7-22-40-52/h2-46H,1H3. The Labute approximate surface area is 354 Å². The van der Waals surface area contributed by atoms with Crippen LogP contribution in [0.25, 0.3) is 0 Å². The van der Waals surface area contributed by atoms with E-state index in [1.165, 1.54) is 31.8 Å². The number of benzene rings is 9. The molecule has 59 heavy (non-hydrogen) atoms. The van der Waals surface area contributed by atoms with Crippen LogP contribution in [0.2, 0.25) is 0 Å². The van der Waals surface area contributed by atoms with Gasteiger partial charge in [-0.25, -0.2) is 0 Å². The van der Waals surface area contributed by atoms with Crippen LogP contribution in [0.5, 0.6) is 0 Å². The molecular weight excluding hydrogens is 789 g/mol. The van der Waals surface area contributed by atoms with E-state index in [1.54, 1.807) is 0 Å². The Kier molecular flexibility index (Phi) is 9.92. The Morgan fingerprint density at radius 2 is 0.373 bits per heavy atom. The summed E-state index contributed by atoms with van der Waals surface area (Å²) in [4.78, 5) is 0. The molecule has 0 aliphatic heterocycles. The molecule has 290 valence electrons. The van der Waals surface area contributed by atoms with Crippen LogP contribution in [-0.2, 0) is 0 Å². The third kappa shape index (κ3) is 4.62. The van der Waals surface area contributed by atoms with Gasteiger partial charge in [-0.1, -0.05) is 0 Å². The van der Waals surface area contributed by atoms with Gasteiger partial charge >= 0.3 is 357 Å². The molecule has 9 rings (SSSR count). The van der Waals surface area contributed by atoms with Crippen molar-refractivity contribution in [1.29, 1.82) is 0 Å². The zero-order chi connectivity index (χ0) is 40.4. The monoisotopic (exact) mass is 836 g/mol. The van der Waals surface area contributed by atoms with Gasteiger partial charge in [0.15, 0.2) is 0 Å². The number of halogens is 1. The Bertz CT molecular complexity index is 2350. The second-order valence-corrected chi connectivity index (χ2v) is 41.0. The molecule has 0 N–H and O–H groups in total. The molecule has 0 amide bonds. The molecule has 9 aromatic rings. The van der Waals surface area contributed by atoms with Crippen molar-refractivity contribution in [3.8, 4) is 0 Å². The van der Waals surface area contributed by atoms with Gasteiger partial charge < -0.3 is 0 Å². The van der Waals surface area contributed by atoms with E-state index in [1.807, 2.05) is 0 Å². The topological polar surface area (TPSA) is 0 Å². The maximum atomic E-state index is 10.4. The van der Waals surface area contributed by atoms with E-state index in [2.05, 4.69) is 280 Å². The first-order chi connectivity index (χ1) is 29.0. The molecule has 0 heterocycles. The van der Waals surface area contributed by atoms with Crippen LogP contribution in [0.4, 0.5) is 0 Å². The minimum absolute atomic E-state index is 1.13. The average Bonchev–Trinajstić information content (AvgIpc) is 3.34. The normalized spacial score (nSPS) is 14.0. The van der Waals surface area contributed by atoms with Gasteiger partial charge in [0.1, 0.15) is 0 Å². The first-order valence-corrected chi connectivity index (χ1v) is 29.7. The van der Waals surface area contributed by atoms with Gasteiger partial charge in [-0.2, -0.15) is 0 Å². The Morgan fingerprint density at radius 3 is 0.559 bits per heavy atom. The van der Waals surface area contributed by atoms with Crippen LogP contribution < -0.4 is 47.7 Å². The fourth-order valence-electron chi connectivity index (χ4n) is 11.2. The van der Waals surface area contributed by atoms with E-state index in [0.717, 1.165) is 15.9 Å². The summed E-state index contributed by atoms with van der Waals surface area (Å²) in [5.41, 5.74) is -4.76. The van der Waals surface area contributed by atoms with Crippen LogP contribution >= 0.6 is 29.2 Å². The molecular formula is C55H48ClP3. The summed E-state index contributed by atoms with van der Waals surface area (Å²) < 4.78 is 0. The van der Waals surface area contributed by atoms with Crippen LogP contribution in [-0.4, -0.2) is 6.66 Å². The maximum absolute atomic E-state index is 10.4. The fourth-order valence-corrected chi connectivity index (χ4v) is 73.1. The zero-order valence-electron chi connectivity index (χ0n) is 33.2. The van der Waals surface area contributed by atoms with E-state index in [4.69, 9.17) is 0 Å². The van der Waals surface area contributed by atoms with Crippen molar-refractivity contribution in [2.24, 2.45) is 0 Å². The summed E-state index contributed by atoms with van der Waals surface area (Å²) in [6.07, 6.45) is -4.37. The van der Waals surface area contributed by atoms with Gasteiger partial charge in [0, 0.05) is 0 Å². The quantitative estimate of drug-likeness (QED) is 0.114. The number of hydrogen-bond donors (Lipinski definition) is 0. The first-order valence-electron chi connectivity index (χ1n) is 20.2. The summed E-state index contributed by atoms with van der Waals surface area (Å²) in [5.74, 6) is -4.81. The molecule has 0 spiro atoms. The molecule has 0 unspecified atom stereocenters. The minimum atomic E-state index is -4.81. The van der Waals surface area contributed by atoms with E-state index in [9.17, 15) is 11.2 Å². The van der Waals surface area contributed by atoms with Crippen LogP contribution in [0, 0.1) is 0 Å². The van der Waals surface area contributed by atoms with Gasteiger partial charge in [0.2, 0.25) is 0 Å². The molecule has 0 fully saturated rings. The van der Waals surface area contributed by atoms with E-state index in [-0.39, 0.29) is 0 Å². The molecule has 0 radical (unpaired) electrons. The summed E-state index contributed by atoms with van der Waals surface area (Å²) in [6.45, 7) is 2.70. The third-order valence-electron chi connectivity index (χ3n) is 13.3. The van der Waals surface area contributed by atoms with Crippen LogP contribution in [0.1, 0.15) is 0 Å². The molecule has 4 heteroatoms. The molecule has 0 aliphatic rings. The second-order valence-electron chi connectivity index (χ2n) is 15.5. The molecule has 0 aliphatic carbocycles. The second kappa shape index (κ2) is 15.0.